The van der Waals surface area contributed by atoms with Crippen LogP contribution >= 0.6 is 0 Å². The second-order valence-corrected chi connectivity index (χ2v) is 6.18. The molecule has 3 nitrogen and oxygen atoms in total. The van der Waals surface area contributed by atoms with E-state index < -0.39 is 0 Å². The van der Waals surface area contributed by atoms with Gasteiger partial charge in [-0.25, -0.2) is 0 Å². The van der Waals surface area contributed by atoms with Gasteiger partial charge in [-0.1, -0.05) is 26.2 Å². The Morgan fingerprint density at radius 3 is 2.79 bits per heavy atom. The zero-order chi connectivity index (χ0) is 13.7. The molecule has 0 bridgehead atoms. The SMILES string of the molecule is CCOC(=O)[C@@H]1CCCN(C2CCCC(CC)C2)C1. The van der Waals surface area contributed by atoms with E-state index in [9.17, 15) is 4.79 Å². The van der Waals surface area contributed by atoms with E-state index in [0.717, 1.165) is 31.3 Å². The average molecular weight is 267 g/mol. The number of ether oxygens (including phenoxy) is 1. The molecule has 2 fully saturated rings. The van der Waals surface area contributed by atoms with Gasteiger partial charge in [0.2, 0.25) is 0 Å². The molecule has 0 aromatic carbocycles. The fourth-order valence-electron chi connectivity index (χ4n) is 3.76. The minimum atomic E-state index is 0.0232. The summed E-state index contributed by atoms with van der Waals surface area (Å²) in [6.45, 7) is 6.82. The number of nitrogens with zero attached hydrogens (tertiary/aromatic N) is 1. The lowest BCUT2D eigenvalue weighted by Crippen LogP contribution is -2.46. The Balaban J connectivity index is 1.87. The van der Waals surface area contributed by atoms with Crippen LogP contribution in [0.1, 0.15) is 58.8 Å². The van der Waals surface area contributed by atoms with Gasteiger partial charge in [0, 0.05) is 12.6 Å². The van der Waals surface area contributed by atoms with Crippen LogP contribution in [0.5, 0.6) is 0 Å². The molecular weight excluding hydrogens is 238 g/mol. The Kier molecular flexibility index (Phi) is 5.68. The highest BCUT2D eigenvalue weighted by Crippen LogP contribution is 2.32. The number of esters is 1. The van der Waals surface area contributed by atoms with Crippen molar-refractivity contribution in [1.82, 2.24) is 4.90 Å². The van der Waals surface area contributed by atoms with E-state index in [0.29, 0.717) is 6.61 Å². The Labute approximate surface area is 117 Å². The van der Waals surface area contributed by atoms with Crippen LogP contribution in [-0.2, 0) is 9.53 Å². The summed E-state index contributed by atoms with van der Waals surface area (Å²) in [6, 6.07) is 0.718. The van der Waals surface area contributed by atoms with Gasteiger partial charge < -0.3 is 4.74 Å². The van der Waals surface area contributed by atoms with Crippen LogP contribution in [0.3, 0.4) is 0 Å². The van der Waals surface area contributed by atoms with E-state index in [1.807, 2.05) is 6.92 Å². The summed E-state index contributed by atoms with van der Waals surface area (Å²) >= 11 is 0. The van der Waals surface area contributed by atoms with E-state index in [-0.39, 0.29) is 11.9 Å². The Hall–Kier alpha value is -0.570. The van der Waals surface area contributed by atoms with Crippen LogP contribution in [-0.4, -0.2) is 36.6 Å². The smallest absolute Gasteiger partial charge is 0.310 e. The maximum absolute atomic E-state index is 11.9. The molecule has 0 spiro atoms. The van der Waals surface area contributed by atoms with Crippen molar-refractivity contribution in [3.63, 3.8) is 0 Å². The van der Waals surface area contributed by atoms with Gasteiger partial charge in [0.15, 0.2) is 0 Å². The van der Waals surface area contributed by atoms with E-state index in [1.165, 1.54) is 38.6 Å². The standard InChI is InChI=1S/C16H29NO2/c1-3-13-7-5-9-15(11-13)17-10-6-8-14(12-17)16(18)19-4-2/h13-15H,3-12H2,1-2H3/t13?,14-,15?/m1/s1. The highest BCUT2D eigenvalue weighted by molar-refractivity contribution is 5.72. The molecule has 19 heavy (non-hydrogen) atoms. The number of likely N-dealkylation sites (tertiary alicyclic amines) is 1. The molecule has 0 amide bonds. The van der Waals surface area contributed by atoms with Gasteiger partial charge in [0.25, 0.3) is 0 Å². The van der Waals surface area contributed by atoms with Crippen LogP contribution < -0.4 is 0 Å². The maximum atomic E-state index is 11.9. The van der Waals surface area contributed by atoms with Crippen molar-refractivity contribution in [2.24, 2.45) is 11.8 Å². The third-order valence-corrected chi connectivity index (χ3v) is 4.92. The molecule has 3 heteroatoms. The molecule has 0 aromatic rings. The molecule has 3 atom stereocenters. The lowest BCUT2D eigenvalue weighted by atomic mass is 9.82. The number of hydrogen-bond acceptors (Lipinski definition) is 3. The monoisotopic (exact) mass is 267 g/mol. The molecule has 2 aliphatic rings. The summed E-state index contributed by atoms with van der Waals surface area (Å²) in [5.41, 5.74) is 0. The lowest BCUT2D eigenvalue weighted by Gasteiger charge is -2.41. The Morgan fingerprint density at radius 1 is 1.21 bits per heavy atom. The number of carbonyl (C=O) groups is 1. The predicted molar refractivity (Wildman–Crippen MR) is 77.0 cm³/mol. The first-order chi connectivity index (χ1) is 9.24. The van der Waals surface area contributed by atoms with Crippen molar-refractivity contribution in [1.29, 1.82) is 0 Å². The Bertz CT molecular complexity index is 292. The molecule has 1 heterocycles. The number of hydrogen-bond donors (Lipinski definition) is 0. The van der Waals surface area contributed by atoms with E-state index >= 15 is 0 Å². The zero-order valence-corrected chi connectivity index (χ0v) is 12.6. The molecule has 0 aromatic heterocycles. The van der Waals surface area contributed by atoms with Gasteiger partial charge in [-0.15, -0.1) is 0 Å². The van der Waals surface area contributed by atoms with Crippen molar-refractivity contribution in [3.05, 3.63) is 0 Å². The van der Waals surface area contributed by atoms with Crippen LogP contribution in [0, 0.1) is 11.8 Å². The van der Waals surface area contributed by atoms with Gasteiger partial charge in [0.05, 0.1) is 12.5 Å². The molecule has 1 aliphatic carbocycles. The zero-order valence-electron chi connectivity index (χ0n) is 12.6. The second kappa shape index (κ2) is 7.28. The first-order valence-corrected chi connectivity index (χ1v) is 8.15. The topological polar surface area (TPSA) is 29.5 Å². The van der Waals surface area contributed by atoms with Crippen LogP contribution in [0.25, 0.3) is 0 Å². The third kappa shape index (κ3) is 3.95. The number of carbonyl (C=O) groups excluding carboxylic acids is 1. The molecule has 2 unspecified atom stereocenters. The van der Waals surface area contributed by atoms with Gasteiger partial charge in [-0.2, -0.15) is 0 Å². The molecule has 1 saturated heterocycles. The third-order valence-electron chi connectivity index (χ3n) is 4.92. The molecule has 110 valence electrons. The van der Waals surface area contributed by atoms with Gasteiger partial charge >= 0.3 is 5.97 Å². The summed E-state index contributed by atoms with van der Waals surface area (Å²) in [7, 11) is 0. The fraction of sp³-hybridized carbons (Fsp3) is 0.938. The van der Waals surface area contributed by atoms with Crippen LogP contribution in [0.4, 0.5) is 0 Å². The molecule has 1 aliphatic heterocycles. The van der Waals surface area contributed by atoms with Gasteiger partial charge in [0.1, 0.15) is 0 Å². The molecule has 0 N–H and O–H groups in total. The molecular formula is C16H29NO2. The van der Waals surface area contributed by atoms with Crippen LogP contribution in [0.2, 0.25) is 0 Å². The van der Waals surface area contributed by atoms with Gasteiger partial charge in [-0.05, 0) is 45.1 Å². The number of piperidine rings is 1. The van der Waals surface area contributed by atoms with Crippen molar-refractivity contribution < 1.29 is 9.53 Å². The second-order valence-electron chi connectivity index (χ2n) is 6.18. The van der Waals surface area contributed by atoms with Crippen LogP contribution in [0.15, 0.2) is 0 Å². The summed E-state index contributed by atoms with van der Waals surface area (Å²) in [5.74, 6) is 1.05. The average Bonchev–Trinajstić information content (AvgIpc) is 2.48. The van der Waals surface area contributed by atoms with E-state index in [2.05, 4.69) is 11.8 Å². The Morgan fingerprint density at radius 2 is 2.05 bits per heavy atom. The molecule has 2 rings (SSSR count). The van der Waals surface area contributed by atoms with Crippen molar-refractivity contribution in [3.8, 4) is 0 Å². The minimum absolute atomic E-state index is 0.0232. The largest absolute Gasteiger partial charge is 0.466 e. The quantitative estimate of drug-likeness (QED) is 0.732. The van der Waals surface area contributed by atoms with Crippen molar-refractivity contribution in [2.45, 2.75) is 64.8 Å². The summed E-state index contributed by atoms with van der Waals surface area (Å²) in [4.78, 5) is 14.5. The predicted octanol–water partition coefficient (Wildman–Crippen LogP) is 3.23. The van der Waals surface area contributed by atoms with E-state index in [4.69, 9.17) is 4.74 Å². The van der Waals surface area contributed by atoms with E-state index in [1.54, 1.807) is 0 Å². The van der Waals surface area contributed by atoms with Crippen molar-refractivity contribution >= 4 is 5.97 Å². The maximum Gasteiger partial charge on any atom is 0.310 e. The highest BCUT2D eigenvalue weighted by Gasteiger charge is 2.32. The van der Waals surface area contributed by atoms with Crippen molar-refractivity contribution in [2.75, 3.05) is 19.7 Å². The minimum Gasteiger partial charge on any atom is -0.466 e. The normalized spacial score (nSPS) is 33.1. The first kappa shape index (κ1) is 14.8. The summed E-state index contributed by atoms with van der Waals surface area (Å²) < 4.78 is 5.19. The van der Waals surface area contributed by atoms with Gasteiger partial charge in [-0.3, -0.25) is 9.69 Å². The highest BCUT2D eigenvalue weighted by atomic mass is 16.5. The molecule has 0 radical (unpaired) electrons. The fourth-order valence-corrected chi connectivity index (χ4v) is 3.76. The lowest BCUT2D eigenvalue weighted by molar-refractivity contribution is -0.150. The molecule has 1 saturated carbocycles. The summed E-state index contributed by atoms with van der Waals surface area (Å²) in [6.07, 6.45) is 8.91. The number of rotatable bonds is 4. The summed E-state index contributed by atoms with van der Waals surface area (Å²) in [5, 5.41) is 0. The first-order valence-electron chi connectivity index (χ1n) is 8.15.